The smallest absolute Gasteiger partial charge is 0.227 e. The lowest BCUT2D eigenvalue weighted by atomic mass is 9.92. The van der Waals surface area contributed by atoms with Crippen LogP contribution in [0, 0.1) is 5.92 Å². The molecule has 0 radical (unpaired) electrons. The molecule has 0 bridgehead atoms. The Bertz CT molecular complexity index is 428. The van der Waals surface area contributed by atoms with Crippen molar-refractivity contribution >= 4 is 11.7 Å². The van der Waals surface area contributed by atoms with Crippen LogP contribution in [0.25, 0.3) is 0 Å². The van der Waals surface area contributed by atoms with E-state index in [2.05, 4.69) is 36.3 Å². The molecule has 1 amide bonds. The molecular formula is C13H22N4O. The van der Waals surface area contributed by atoms with E-state index in [1.54, 1.807) is 0 Å². The number of nitrogens with one attached hydrogen (secondary N) is 2. The molecule has 1 aromatic rings. The monoisotopic (exact) mass is 250 g/mol. The lowest BCUT2D eigenvalue weighted by Gasteiger charge is -2.14. The number of amides is 1. The summed E-state index contributed by atoms with van der Waals surface area (Å²) in [5.41, 5.74) is 6.92. The zero-order valence-electron chi connectivity index (χ0n) is 11.3. The van der Waals surface area contributed by atoms with Crippen LogP contribution in [0.15, 0.2) is 6.07 Å². The fourth-order valence-corrected chi connectivity index (χ4v) is 1.87. The van der Waals surface area contributed by atoms with E-state index in [-0.39, 0.29) is 17.4 Å². The summed E-state index contributed by atoms with van der Waals surface area (Å²) in [6, 6.07) is 1.87. The highest BCUT2D eigenvalue weighted by Gasteiger charge is 2.30. The molecule has 4 N–H and O–H groups in total. The average molecular weight is 250 g/mol. The van der Waals surface area contributed by atoms with Crippen molar-refractivity contribution in [3.8, 4) is 0 Å². The standard InChI is InChI=1S/C13H22N4O/c1-13(2,3)10-7-11(17-16-10)15-12(18)6-9(14)8-4-5-8/h7-9H,4-6,14H2,1-3H3,(H2,15,16,17,18). The van der Waals surface area contributed by atoms with E-state index in [1.807, 2.05) is 6.07 Å². The minimum Gasteiger partial charge on any atom is -0.327 e. The summed E-state index contributed by atoms with van der Waals surface area (Å²) >= 11 is 0. The number of hydrogen-bond donors (Lipinski definition) is 3. The first-order valence-electron chi connectivity index (χ1n) is 6.47. The number of anilines is 1. The molecule has 1 aliphatic rings. The van der Waals surface area contributed by atoms with E-state index in [9.17, 15) is 4.79 Å². The molecule has 1 atom stereocenters. The maximum Gasteiger partial charge on any atom is 0.227 e. The maximum atomic E-state index is 11.8. The summed E-state index contributed by atoms with van der Waals surface area (Å²) in [5.74, 6) is 1.06. The number of aromatic nitrogens is 2. The Kier molecular flexibility index (Phi) is 3.43. The van der Waals surface area contributed by atoms with Gasteiger partial charge in [0.25, 0.3) is 0 Å². The van der Waals surface area contributed by atoms with Gasteiger partial charge < -0.3 is 11.1 Å². The highest BCUT2D eigenvalue weighted by Crippen LogP contribution is 2.32. The van der Waals surface area contributed by atoms with E-state index in [1.165, 1.54) is 0 Å². The first kappa shape index (κ1) is 13.1. The topological polar surface area (TPSA) is 83.8 Å². The van der Waals surface area contributed by atoms with Crippen molar-refractivity contribution in [2.24, 2.45) is 11.7 Å². The number of nitrogens with two attached hydrogens (primary N) is 1. The first-order chi connectivity index (χ1) is 8.36. The van der Waals surface area contributed by atoms with Gasteiger partial charge in [0.15, 0.2) is 5.82 Å². The molecule has 0 spiro atoms. The second kappa shape index (κ2) is 4.72. The lowest BCUT2D eigenvalue weighted by Crippen LogP contribution is -2.28. The molecule has 1 aromatic heterocycles. The second-order valence-electron chi connectivity index (χ2n) is 6.17. The predicted octanol–water partition coefficient (Wildman–Crippen LogP) is 1.77. The van der Waals surface area contributed by atoms with Gasteiger partial charge in [-0.15, -0.1) is 0 Å². The molecule has 5 heteroatoms. The van der Waals surface area contributed by atoms with E-state index < -0.39 is 0 Å². The summed E-state index contributed by atoms with van der Waals surface area (Å²) in [5, 5.41) is 9.82. The predicted molar refractivity (Wildman–Crippen MR) is 71.2 cm³/mol. The van der Waals surface area contributed by atoms with Gasteiger partial charge in [0.05, 0.1) is 0 Å². The zero-order chi connectivity index (χ0) is 13.3. The van der Waals surface area contributed by atoms with Crippen molar-refractivity contribution in [2.45, 2.75) is 51.5 Å². The lowest BCUT2D eigenvalue weighted by molar-refractivity contribution is -0.116. The van der Waals surface area contributed by atoms with Crippen molar-refractivity contribution in [1.29, 1.82) is 0 Å². The highest BCUT2D eigenvalue weighted by atomic mass is 16.1. The van der Waals surface area contributed by atoms with E-state index in [0.29, 0.717) is 18.2 Å². The average Bonchev–Trinajstić information content (AvgIpc) is 2.98. The Labute approximate surface area is 108 Å². The van der Waals surface area contributed by atoms with Gasteiger partial charge in [-0.1, -0.05) is 20.8 Å². The van der Waals surface area contributed by atoms with Crippen LogP contribution in [0.5, 0.6) is 0 Å². The molecule has 100 valence electrons. The number of hydrogen-bond acceptors (Lipinski definition) is 3. The quantitative estimate of drug-likeness (QED) is 0.761. The number of carbonyl (C=O) groups is 1. The summed E-state index contributed by atoms with van der Waals surface area (Å²) in [6.45, 7) is 6.28. The molecule has 1 heterocycles. The van der Waals surface area contributed by atoms with E-state index in [0.717, 1.165) is 18.5 Å². The summed E-state index contributed by atoms with van der Waals surface area (Å²) in [4.78, 5) is 11.8. The maximum absolute atomic E-state index is 11.8. The van der Waals surface area contributed by atoms with Crippen LogP contribution in [-0.2, 0) is 10.2 Å². The SMILES string of the molecule is CC(C)(C)c1cc(NC(=O)CC(N)C2CC2)n[nH]1. The molecule has 0 saturated heterocycles. The minimum atomic E-state index is -0.0543. The highest BCUT2D eigenvalue weighted by molar-refractivity contribution is 5.90. The Morgan fingerprint density at radius 2 is 2.28 bits per heavy atom. The number of carbonyl (C=O) groups excluding carboxylic acids is 1. The number of rotatable bonds is 4. The summed E-state index contributed by atoms with van der Waals surface area (Å²) < 4.78 is 0. The fraction of sp³-hybridized carbons (Fsp3) is 0.692. The molecule has 1 fully saturated rings. The summed E-state index contributed by atoms with van der Waals surface area (Å²) in [7, 11) is 0. The van der Waals surface area contributed by atoms with Crippen molar-refractivity contribution < 1.29 is 4.79 Å². The van der Waals surface area contributed by atoms with Gasteiger partial charge in [0, 0.05) is 29.6 Å². The third-order valence-corrected chi connectivity index (χ3v) is 3.30. The van der Waals surface area contributed by atoms with Crippen LogP contribution in [0.2, 0.25) is 0 Å². The van der Waals surface area contributed by atoms with Crippen LogP contribution in [0.3, 0.4) is 0 Å². The fourth-order valence-electron chi connectivity index (χ4n) is 1.87. The molecule has 2 rings (SSSR count). The van der Waals surface area contributed by atoms with Crippen LogP contribution >= 0.6 is 0 Å². The van der Waals surface area contributed by atoms with Crippen LogP contribution in [0.4, 0.5) is 5.82 Å². The van der Waals surface area contributed by atoms with Gasteiger partial charge in [-0.2, -0.15) is 5.10 Å². The van der Waals surface area contributed by atoms with E-state index in [4.69, 9.17) is 5.73 Å². The van der Waals surface area contributed by atoms with Gasteiger partial charge in [0.1, 0.15) is 0 Å². The largest absolute Gasteiger partial charge is 0.327 e. The Balaban J connectivity index is 1.88. The van der Waals surface area contributed by atoms with Crippen molar-refractivity contribution in [1.82, 2.24) is 10.2 Å². The molecule has 1 unspecified atom stereocenters. The van der Waals surface area contributed by atoms with Crippen molar-refractivity contribution in [3.63, 3.8) is 0 Å². The van der Waals surface area contributed by atoms with Crippen LogP contribution < -0.4 is 11.1 Å². The molecule has 18 heavy (non-hydrogen) atoms. The summed E-state index contributed by atoms with van der Waals surface area (Å²) in [6.07, 6.45) is 2.69. The van der Waals surface area contributed by atoms with Crippen molar-refractivity contribution in [3.05, 3.63) is 11.8 Å². The zero-order valence-corrected chi connectivity index (χ0v) is 11.3. The normalized spacial score (nSPS) is 17.6. The van der Waals surface area contributed by atoms with Crippen LogP contribution in [0.1, 0.15) is 45.7 Å². The Morgan fingerprint density at radius 1 is 1.61 bits per heavy atom. The van der Waals surface area contributed by atoms with Gasteiger partial charge in [0.2, 0.25) is 5.91 Å². The molecule has 1 aliphatic carbocycles. The molecular weight excluding hydrogens is 228 g/mol. The van der Waals surface area contributed by atoms with E-state index >= 15 is 0 Å². The van der Waals surface area contributed by atoms with Crippen LogP contribution in [-0.4, -0.2) is 22.1 Å². The second-order valence-corrected chi connectivity index (χ2v) is 6.17. The first-order valence-corrected chi connectivity index (χ1v) is 6.47. The number of H-pyrrole nitrogens is 1. The van der Waals surface area contributed by atoms with Crippen molar-refractivity contribution in [2.75, 3.05) is 5.32 Å². The third-order valence-electron chi connectivity index (χ3n) is 3.30. The molecule has 1 saturated carbocycles. The number of aromatic amines is 1. The Morgan fingerprint density at radius 3 is 2.78 bits per heavy atom. The Hall–Kier alpha value is -1.36. The molecule has 0 aromatic carbocycles. The number of nitrogens with zero attached hydrogens (tertiary/aromatic N) is 1. The van der Waals surface area contributed by atoms with Gasteiger partial charge in [-0.05, 0) is 18.8 Å². The third kappa shape index (κ3) is 3.32. The van der Waals surface area contributed by atoms with Gasteiger partial charge in [-0.25, -0.2) is 0 Å². The molecule has 5 nitrogen and oxygen atoms in total. The molecule has 0 aliphatic heterocycles. The van der Waals surface area contributed by atoms with Gasteiger partial charge >= 0.3 is 0 Å². The van der Waals surface area contributed by atoms with Gasteiger partial charge in [-0.3, -0.25) is 9.89 Å². The minimum absolute atomic E-state index is 0.000390.